The number of aliphatic hydroxyl groups excluding tert-OH is 1. The number of halogens is 1. The van der Waals surface area contributed by atoms with E-state index in [1.807, 2.05) is 25.1 Å². The maximum atomic E-state index is 9.32. The minimum atomic E-state index is -0.347. The van der Waals surface area contributed by atoms with Crippen LogP contribution in [-0.4, -0.2) is 16.2 Å². The largest absolute Gasteiger partial charge is 0.392 e. The first kappa shape index (κ1) is 9.92. The molecule has 66 valence electrons. The van der Waals surface area contributed by atoms with Crippen molar-refractivity contribution >= 4 is 22.6 Å². The van der Waals surface area contributed by atoms with Crippen molar-refractivity contribution in [1.29, 1.82) is 0 Å². The molecule has 1 aromatic rings. The molecule has 1 aromatic heterocycles. The number of aryl methyl sites for hydroxylation is 1. The Bertz CT molecular complexity index is 262. The lowest BCUT2D eigenvalue weighted by Gasteiger charge is -2.12. The van der Waals surface area contributed by atoms with Crippen LogP contribution in [0.3, 0.4) is 0 Å². The van der Waals surface area contributed by atoms with Crippen LogP contribution in [-0.2, 0) is 0 Å². The van der Waals surface area contributed by atoms with E-state index in [1.165, 1.54) is 0 Å². The first-order valence-corrected chi connectivity index (χ1v) is 5.11. The molecule has 0 fully saturated rings. The van der Waals surface area contributed by atoms with Crippen LogP contribution in [0.4, 0.5) is 0 Å². The highest BCUT2D eigenvalue weighted by Gasteiger charge is 2.13. The molecule has 0 bridgehead atoms. The first-order valence-electron chi connectivity index (χ1n) is 3.87. The van der Waals surface area contributed by atoms with Crippen LogP contribution in [0.25, 0.3) is 0 Å². The van der Waals surface area contributed by atoms with Gasteiger partial charge in [0.1, 0.15) is 0 Å². The lowest BCUT2D eigenvalue weighted by molar-refractivity contribution is 0.195. The van der Waals surface area contributed by atoms with E-state index in [-0.39, 0.29) is 10.0 Å². The van der Waals surface area contributed by atoms with Crippen LogP contribution in [0.5, 0.6) is 0 Å². The summed E-state index contributed by atoms with van der Waals surface area (Å²) in [6.45, 7) is 3.73. The number of hydrogen-bond donors (Lipinski definition) is 1. The Labute approximate surface area is 86.2 Å². The molecule has 0 amide bonds. The zero-order valence-corrected chi connectivity index (χ0v) is 9.32. The van der Waals surface area contributed by atoms with Crippen LogP contribution in [0, 0.1) is 6.92 Å². The van der Waals surface area contributed by atoms with E-state index in [2.05, 4.69) is 27.6 Å². The Morgan fingerprint density at radius 3 is 2.67 bits per heavy atom. The van der Waals surface area contributed by atoms with Gasteiger partial charge in [0.25, 0.3) is 0 Å². The SMILES string of the molecule is Cc1cccc([C@H](I)[C@H](C)O)n1. The molecule has 2 atom stereocenters. The highest BCUT2D eigenvalue weighted by atomic mass is 127. The monoisotopic (exact) mass is 277 g/mol. The normalized spacial score (nSPS) is 15.7. The van der Waals surface area contributed by atoms with Gasteiger partial charge in [0, 0.05) is 5.69 Å². The number of alkyl halides is 1. The van der Waals surface area contributed by atoms with Gasteiger partial charge in [-0.15, -0.1) is 0 Å². The molecule has 0 spiro atoms. The summed E-state index contributed by atoms with van der Waals surface area (Å²) < 4.78 is 0.0856. The molecule has 1 N–H and O–H groups in total. The molecule has 0 saturated heterocycles. The van der Waals surface area contributed by atoms with Crippen LogP contribution < -0.4 is 0 Å². The average Bonchev–Trinajstić information content (AvgIpc) is 2.03. The van der Waals surface area contributed by atoms with Crippen molar-refractivity contribution in [3.05, 3.63) is 29.6 Å². The first-order chi connectivity index (χ1) is 5.61. The van der Waals surface area contributed by atoms with Crippen molar-refractivity contribution in [2.24, 2.45) is 0 Å². The van der Waals surface area contributed by atoms with E-state index in [9.17, 15) is 5.11 Å². The highest BCUT2D eigenvalue weighted by Crippen LogP contribution is 2.25. The molecule has 0 aromatic carbocycles. The second kappa shape index (κ2) is 4.18. The summed E-state index contributed by atoms with van der Waals surface area (Å²) in [6.07, 6.45) is -0.347. The van der Waals surface area contributed by atoms with E-state index >= 15 is 0 Å². The molecular weight excluding hydrogens is 265 g/mol. The summed E-state index contributed by atoms with van der Waals surface area (Å²) in [4.78, 5) is 4.33. The lowest BCUT2D eigenvalue weighted by atomic mass is 10.2. The maximum absolute atomic E-state index is 9.32. The van der Waals surface area contributed by atoms with Crippen LogP contribution in [0.2, 0.25) is 0 Å². The van der Waals surface area contributed by atoms with Crippen LogP contribution in [0.15, 0.2) is 18.2 Å². The number of pyridine rings is 1. The third-order valence-corrected chi connectivity index (χ3v) is 3.29. The van der Waals surface area contributed by atoms with Gasteiger partial charge in [0.15, 0.2) is 0 Å². The van der Waals surface area contributed by atoms with Gasteiger partial charge in [-0.25, -0.2) is 0 Å². The fourth-order valence-corrected chi connectivity index (χ4v) is 1.31. The van der Waals surface area contributed by atoms with Gasteiger partial charge in [-0.05, 0) is 26.0 Å². The Balaban J connectivity index is 2.88. The van der Waals surface area contributed by atoms with Crippen LogP contribution >= 0.6 is 22.6 Å². The van der Waals surface area contributed by atoms with E-state index < -0.39 is 0 Å². The smallest absolute Gasteiger partial charge is 0.0788 e. The predicted molar refractivity (Wildman–Crippen MR) is 57.4 cm³/mol. The fourth-order valence-electron chi connectivity index (χ4n) is 0.965. The molecule has 0 aliphatic heterocycles. The molecule has 0 saturated carbocycles. The van der Waals surface area contributed by atoms with Gasteiger partial charge in [-0.1, -0.05) is 28.7 Å². The van der Waals surface area contributed by atoms with E-state index in [4.69, 9.17) is 0 Å². The predicted octanol–water partition coefficient (Wildman–Crippen LogP) is 2.25. The fraction of sp³-hybridized carbons (Fsp3) is 0.444. The molecule has 0 unspecified atom stereocenters. The van der Waals surface area contributed by atoms with Gasteiger partial charge in [-0.3, -0.25) is 4.98 Å². The van der Waals surface area contributed by atoms with Gasteiger partial charge >= 0.3 is 0 Å². The van der Waals surface area contributed by atoms with Gasteiger partial charge in [0.2, 0.25) is 0 Å². The maximum Gasteiger partial charge on any atom is 0.0788 e. The number of hydrogen-bond acceptors (Lipinski definition) is 2. The molecule has 2 nitrogen and oxygen atoms in total. The average molecular weight is 277 g/mol. The summed E-state index contributed by atoms with van der Waals surface area (Å²) in [7, 11) is 0. The Morgan fingerprint density at radius 1 is 1.50 bits per heavy atom. The molecule has 12 heavy (non-hydrogen) atoms. The van der Waals surface area contributed by atoms with Gasteiger partial charge in [-0.2, -0.15) is 0 Å². The second-order valence-corrected chi connectivity index (χ2v) is 4.19. The molecule has 1 rings (SSSR count). The van der Waals surface area contributed by atoms with E-state index in [1.54, 1.807) is 6.92 Å². The minimum absolute atomic E-state index is 0.0856. The third kappa shape index (κ3) is 2.42. The van der Waals surface area contributed by atoms with Crippen LogP contribution in [0.1, 0.15) is 22.2 Å². The van der Waals surface area contributed by atoms with Crippen molar-refractivity contribution in [1.82, 2.24) is 4.98 Å². The molecule has 0 aliphatic carbocycles. The zero-order chi connectivity index (χ0) is 9.14. The summed E-state index contributed by atoms with van der Waals surface area (Å²) >= 11 is 2.20. The van der Waals surface area contributed by atoms with Gasteiger partial charge < -0.3 is 5.11 Å². The quantitative estimate of drug-likeness (QED) is 0.664. The number of nitrogens with zero attached hydrogens (tertiary/aromatic N) is 1. The molecule has 3 heteroatoms. The highest BCUT2D eigenvalue weighted by molar-refractivity contribution is 14.1. The van der Waals surface area contributed by atoms with E-state index in [0.717, 1.165) is 11.4 Å². The third-order valence-electron chi connectivity index (χ3n) is 1.62. The Kier molecular flexibility index (Phi) is 3.46. The van der Waals surface area contributed by atoms with Crippen molar-refractivity contribution < 1.29 is 5.11 Å². The van der Waals surface area contributed by atoms with Crippen molar-refractivity contribution in [3.63, 3.8) is 0 Å². The second-order valence-electron chi connectivity index (χ2n) is 2.85. The summed E-state index contributed by atoms with van der Waals surface area (Å²) in [5.74, 6) is 0. The lowest BCUT2D eigenvalue weighted by Crippen LogP contribution is -2.09. The van der Waals surface area contributed by atoms with Crippen molar-refractivity contribution in [3.8, 4) is 0 Å². The summed E-state index contributed by atoms with van der Waals surface area (Å²) in [6, 6.07) is 5.86. The molecule has 1 heterocycles. The number of aromatic nitrogens is 1. The van der Waals surface area contributed by atoms with Gasteiger partial charge in [0.05, 0.1) is 15.7 Å². The molecule has 0 aliphatic rings. The Hall–Kier alpha value is -0.160. The molecular formula is C9H12INO. The van der Waals surface area contributed by atoms with E-state index in [0.29, 0.717) is 0 Å². The Morgan fingerprint density at radius 2 is 2.17 bits per heavy atom. The topological polar surface area (TPSA) is 33.1 Å². The van der Waals surface area contributed by atoms with Crippen molar-refractivity contribution in [2.45, 2.75) is 23.9 Å². The standard InChI is InChI=1S/C9H12INO/c1-6-4-3-5-8(11-6)9(10)7(2)12/h3-5,7,9,12H,1-2H3/t7-,9+/m0/s1. The minimum Gasteiger partial charge on any atom is -0.392 e. The van der Waals surface area contributed by atoms with Crippen molar-refractivity contribution in [2.75, 3.05) is 0 Å². The number of aliphatic hydroxyl groups is 1. The molecule has 0 radical (unpaired) electrons. The summed E-state index contributed by atoms with van der Waals surface area (Å²) in [5.41, 5.74) is 1.94. The zero-order valence-electron chi connectivity index (χ0n) is 7.16. The number of rotatable bonds is 2. The summed E-state index contributed by atoms with van der Waals surface area (Å²) in [5, 5.41) is 9.32.